The van der Waals surface area contributed by atoms with Gasteiger partial charge < -0.3 is 9.84 Å². The normalized spacial score (nSPS) is 14.4. The highest BCUT2D eigenvalue weighted by Gasteiger charge is 2.25. The Bertz CT molecular complexity index is 197. The highest BCUT2D eigenvalue weighted by molar-refractivity contribution is 6.17. The fourth-order valence-electron chi connectivity index (χ4n) is 0.750. The van der Waals surface area contributed by atoms with Gasteiger partial charge in [-0.05, 0) is 19.8 Å². The summed E-state index contributed by atoms with van der Waals surface area (Å²) >= 11 is 5.43. The minimum atomic E-state index is -1.36. The molecule has 0 aliphatic rings. The summed E-state index contributed by atoms with van der Waals surface area (Å²) < 4.78 is 4.51. The van der Waals surface area contributed by atoms with E-state index in [1.165, 1.54) is 0 Å². The van der Waals surface area contributed by atoms with Crippen molar-refractivity contribution >= 4 is 17.8 Å². The van der Waals surface area contributed by atoms with Crippen molar-refractivity contribution in [2.45, 2.75) is 25.4 Å². The van der Waals surface area contributed by atoms with E-state index < -0.39 is 11.8 Å². The second kappa shape index (κ2) is 4.89. The van der Waals surface area contributed by atoms with Crippen LogP contribution in [0.4, 0.5) is 4.79 Å². The molecule has 0 rings (SSSR count). The van der Waals surface area contributed by atoms with Gasteiger partial charge in [-0.25, -0.2) is 4.79 Å². The highest BCUT2D eigenvalue weighted by Crippen LogP contribution is 2.16. The third-order valence-corrected chi connectivity index (χ3v) is 1.67. The molecule has 68 valence electrons. The van der Waals surface area contributed by atoms with E-state index in [1.807, 2.05) is 0 Å². The lowest BCUT2D eigenvalue weighted by Gasteiger charge is -2.21. The van der Waals surface area contributed by atoms with Crippen LogP contribution in [0, 0.1) is 12.3 Å². The molecule has 1 atom stereocenters. The van der Waals surface area contributed by atoms with Crippen molar-refractivity contribution in [3.05, 3.63) is 0 Å². The average Bonchev–Trinajstić information content (AvgIpc) is 2.00. The fraction of sp³-hybridized carbons (Fsp3) is 0.625. The number of carbonyl (C=O) groups is 1. The highest BCUT2D eigenvalue weighted by atomic mass is 35.5. The Kier molecular flexibility index (Phi) is 4.53. The Hall–Kier alpha value is -0.880. The van der Waals surface area contributed by atoms with Crippen LogP contribution in [0.5, 0.6) is 0 Å². The van der Waals surface area contributed by atoms with Crippen molar-refractivity contribution in [2.75, 3.05) is 5.88 Å². The molecule has 0 saturated heterocycles. The third kappa shape index (κ3) is 4.09. The van der Waals surface area contributed by atoms with Gasteiger partial charge in [0, 0.05) is 5.88 Å². The quantitative estimate of drug-likeness (QED) is 0.420. The molecule has 0 bridgehead atoms. The van der Waals surface area contributed by atoms with Gasteiger partial charge in [-0.1, -0.05) is 5.92 Å². The Balaban J connectivity index is 4.07. The van der Waals surface area contributed by atoms with E-state index in [1.54, 1.807) is 6.92 Å². The van der Waals surface area contributed by atoms with Crippen molar-refractivity contribution < 1.29 is 14.6 Å². The zero-order valence-electron chi connectivity index (χ0n) is 6.84. The molecular weight excluding hydrogens is 180 g/mol. The van der Waals surface area contributed by atoms with Gasteiger partial charge in [0.15, 0.2) is 5.60 Å². The van der Waals surface area contributed by atoms with E-state index in [2.05, 4.69) is 10.7 Å². The van der Waals surface area contributed by atoms with E-state index in [4.69, 9.17) is 23.1 Å². The molecule has 3 nitrogen and oxygen atoms in total. The van der Waals surface area contributed by atoms with Crippen LogP contribution in [0.15, 0.2) is 0 Å². The minimum Gasteiger partial charge on any atom is -0.450 e. The van der Waals surface area contributed by atoms with Crippen LogP contribution in [0.2, 0.25) is 0 Å². The molecule has 0 aliphatic carbocycles. The van der Waals surface area contributed by atoms with Crippen LogP contribution < -0.4 is 0 Å². The molecule has 0 aromatic carbocycles. The molecule has 0 radical (unpaired) electrons. The molecule has 4 heteroatoms. The first-order chi connectivity index (χ1) is 5.54. The van der Waals surface area contributed by atoms with Crippen molar-refractivity contribution in [1.29, 1.82) is 0 Å². The maximum absolute atomic E-state index is 10.2. The Morgan fingerprint density at radius 3 is 2.75 bits per heavy atom. The van der Waals surface area contributed by atoms with Gasteiger partial charge in [-0.15, -0.1) is 18.0 Å². The fourth-order valence-corrected chi connectivity index (χ4v) is 0.883. The topological polar surface area (TPSA) is 46.5 Å². The summed E-state index contributed by atoms with van der Waals surface area (Å²) in [6.07, 6.45) is 4.84. The van der Waals surface area contributed by atoms with Gasteiger partial charge in [-0.2, -0.15) is 0 Å². The number of hydrogen-bond donors (Lipinski definition) is 1. The number of ether oxygens (including phenoxy) is 1. The van der Waals surface area contributed by atoms with Gasteiger partial charge in [0.25, 0.3) is 0 Å². The lowest BCUT2D eigenvalue weighted by Crippen LogP contribution is -2.29. The van der Waals surface area contributed by atoms with Crippen molar-refractivity contribution in [1.82, 2.24) is 0 Å². The summed E-state index contributed by atoms with van der Waals surface area (Å²) in [5, 5.41) is 8.33. The number of rotatable bonds is 4. The maximum atomic E-state index is 10.2. The largest absolute Gasteiger partial charge is 0.507 e. The lowest BCUT2D eigenvalue weighted by molar-refractivity contribution is 0.0215. The number of hydrogen-bond acceptors (Lipinski definition) is 2. The number of halogens is 1. The number of terminal acetylenes is 1. The Morgan fingerprint density at radius 1 is 1.83 bits per heavy atom. The van der Waals surface area contributed by atoms with E-state index in [0.717, 1.165) is 0 Å². The second-order valence-corrected chi connectivity index (χ2v) is 2.91. The standard InChI is InChI=1S/C8H11ClO3/c1-3-8(2,5-4-6-9)12-7(10)11/h1H,4-6H2,2H3,(H,10,11). The smallest absolute Gasteiger partial charge is 0.450 e. The predicted molar refractivity (Wildman–Crippen MR) is 46.3 cm³/mol. The average molecular weight is 191 g/mol. The predicted octanol–water partition coefficient (Wildman–Crippen LogP) is 2.09. The van der Waals surface area contributed by atoms with Gasteiger partial charge >= 0.3 is 6.16 Å². The van der Waals surface area contributed by atoms with Crippen molar-refractivity contribution in [3.8, 4) is 12.3 Å². The second-order valence-electron chi connectivity index (χ2n) is 2.54. The van der Waals surface area contributed by atoms with Crippen LogP contribution in [-0.2, 0) is 4.74 Å². The van der Waals surface area contributed by atoms with Crippen LogP contribution in [0.25, 0.3) is 0 Å². The molecule has 0 aromatic rings. The van der Waals surface area contributed by atoms with Crippen molar-refractivity contribution in [2.24, 2.45) is 0 Å². The monoisotopic (exact) mass is 190 g/mol. The summed E-state index contributed by atoms with van der Waals surface area (Å²) in [5.41, 5.74) is -1.04. The van der Waals surface area contributed by atoms with Crippen molar-refractivity contribution in [3.63, 3.8) is 0 Å². The van der Waals surface area contributed by atoms with E-state index in [-0.39, 0.29) is 0 Å². The van der Waals surface area contributed by atoms with E-state index >= 15 is 0 Å². The SMILES string of the molecule is C#CC(C)(CCCCl)OC(=O)O. The van der Waals surface area contributed by atoms with Crippen LogP contribution >= 0.6 is 11.6 Å². The molecule has 1 unspecified atom stereocenters. The molecular formula is C8H11ClO3. The Labute approximate surface area is 76.7 Å². The van der Waals surface area contributed by atoms with Crippen LogP contribution in [-0.4, -0.2) is 22.7 Å². The molecule has 0 fully saturated rings. The zero-order valence-corrected chi connectivity index (χ0v) is 7.60. The maximum Gasteiger partial charge on any atom is 0.507 e. The van der Waals surface area contributed by atoms with Gasteiger partial charge in [-0.3, -0.25) is 0 Å². The number of alkyl halides is 1. The van der Waals surface area contributed by atoms with Crippen LogP contribution in [0.1, 0.15) is 19.8 Å². The summed E-state index contributed by atoms with van der Waals surface area (Å²) in [5.74, 6) is 2.73. The van der Waals surface area contributed by atoms with Gasteiger partial charge in [0.2, 0.25) is 0 Å². The molecule has 0 heterocycles. The van der Waals surface area contributed by atoms with Crippen LogP contribution in [0.3, 0.4) is 0 Å². The molecule has 0 saturated carbocycles. The van der Waals surface area contributed by atoms with Gasteiger partial charge in [0.1, 0.15) is 0 Å². The first kappa shape index (κ1) is 11.1. The van der Waals surface area contributed by atoms with E-state index in [9.17, 15) is 4.79 Å². The molecule has 12 heavy (non-hydrogen) atoms. The number of carboxylic acid groups (broad SMARTS) is 1. The summed E-state index contributed by atoms with van der Waals surface area (Å²) in [6.45, 7) is 1.55. The summed E-state index contributed by atoms with van der Waals surface area (Å²) in [7, 11) is 0. The Morgan fingerprint density at radius 2 is 2.42 bits per heavy atom. The molecule has 0 aliphatic heterocycles. The lowest BCUT2D eigenvalue weighted by atomic mass is 10.0. The summed E-state index contributed by atoms with van der Waals surface area (Å²) in [4.78, 5) is 10.2. The molecule has 0 aromatic heterocycles. The minimum absolute atomic E-state index is 0.444. The van der Waals surface area contributed by atoms with E-state index in [0.29, 0.717) is 18.7 Å². The first-order valence-corrected chi connectivity index (χ1v) is 4.03. The molecule has 0 spiro atoms. The molecule has 1 N–H and O–H groups in total. The third-order valence-electron chi connectivity index (χ3n) is 1.41. The first-order valence-electron chi connectivity index (χ1n) is 3.50. The molecule has 0 amide bonds. The zero-order chi connectivity index (χ0) is 9.61. The summed E-state index contributed by atoms with van der Waals surface area (Å²) in [6, 6.07) is 0. The van der Waals surface area contributed by atoms with Gasteiger partial charge in [0.05, 0.1) is 0 Å².